The fourth-order valence-electron chi connectivity index (χ4n) is 4.67. The van der Waals surface area contributed by atoms with E-state index in [4.69, 9.17) is 28.4 Å². The molecule has 2 aliphatic rings. The molecule has 6 atom stereocenters. The summed E-state index contributed by atoms with van der Waals surface area (Å²) in [7, 11) is 1.67. The summed E-state index contributed by atoms with van der Waals surface area (Å²) in [6.07, 6.45) is -1.74. The van der Waals surface area contributed by atoms with Crippen molar-refractivity contribution in [1.29, 1.82) is 0 Å². The fraction of sp³-hybridized carbons (Fsp3) is 0.400. The van der Waals surface area contributed by atoms with E-state index in [-0.39, 0.29) is 29.9 Å². The van der Waals surface area contributed by atoms with Crippen molar-refractivity contribution in [3.8, 4) is 5.75 Å². The summed E-state index contributed by atoms with van der Waals surface area (Å²) in [6, 6.07) is 28.1. The molecule has 7 heteroatoms. The lowest BCUT2D eigenvalue weighted by molar-refractivity contribution is -0.329. The minimum Gasteiger partial charge on any atom is -0.497 e. The van der Waals surface area contributed by atoms with Gasteiger partial charge in [0.05, 0.1) is 26.9 Å². The Morgan fingerprint density at radius 2 is 1.43 bits per heavy atom. The molecule has 196 valence electrons. The van der Waals surface area contributed by atoms with Crippen LogP contribution in [0.2, 0.25) is 0 Å². The summed E-state index contributed by atoms with van der Waals surface area (Å²) in [6.45, 7) is 3.44. The first-order valence-electron chi connectivity index (χ1n) is 12.7. The number of benzene rings is 3. The lowest BCUT2D eigenvalue weighted by Crippen LogP contribution is -2.62. The van der Waals surface area contributed by atoms with Crippen LogP contribution in [-0.4, -0.2) is 49.3 Å². The largest absolute Gasteiger partial charge is 0.497 e. The van der Waals surface area contributed by atoms with Crippen LogP contribution in [0.5, 0.6) is 5.75 Å². The highest BCUT2D eigenvalue weighted by Crippen LogP contribution is 2.39. The number of rotatable bonds is 10. The average molecular weight is 523 g/mol. The van der Waals surface area contributed by atoms with Crippen molar-refractivity contribution in [2.24, 2.45) is 0 Å². The van der Waals surface area contributed by atoms with E-state index in [0.29, 0.717) is 19.8 Å². The predicted molar refractivity (Wildman–Crippen MR) is 143 cm³/mol. The molecule has 0 amide bonds. The number of fused-ring (bicyclic) bond motifs is 1. The van der Waals surface area contributed by atoms with Gasteiger partial charge < -0.3 is 28.4 Å². The van der Waals surface area contributed by atoms with Crippen molar-refractivity contribution >= 4 is 11.8 Å². The maximum Gasteiger partial charge on any atom is 0.184 e. The monoisotopic (exact) mass is 522 g/mol. The third-order valence-electron chi connectivity index (χ3n) is 6.57. The van der Waals surface area contributed by atoms with Crippen LogP contribution in [0.4, 0.5) is 0 Å². The molecule has 6 nitrogen and oxygen atoms in total. The van der Waals surface area contributed by atoms with Crippen molar-refractivity contribution in [3.63, 3.8) is 0 Å². The van der Waals surface area contributed by atoms with E-state index in [0.717, 1.165) is 28.2 Å². The van der Waals surface area contributed by atoms with E-state index in [1.807, 2.05) is 72.8 Å². The number of thioether (sulfide) groups is 1. The van der Waals surface area contributed by atoms with E-state index in [9.17, 15) is 0 Å². The molecule has 2 saturated heterocycles. The molecular weight excluding hydrogens is 488 g/mol. The SMILES string of the molecule is CCS[C@@H]1O[C@@H]2COC(c3ccccc3)O[C@H]2[C@H](OCc2ccc(OC)cc2)[C@H]1OCc1ccccc1. The van der Waals surface area contributed by atoms with Gasteiger partial charge in [-0.25, -0.2) is 0 Å². The first-order valence-corrected chi connectivity index (χ1v) is 13.8. The third kappa shape index (κ3) is 6.55. The molecule has 0 aliphatic carbocycles. The first-order chi connectivity index (χ1) is 18.2. The molecule has 3 aromatic carbocycles. The maximum absolute atomic E-state index is 6.63. The van der Waals surface area contributed by atoms with E-state index >= 15 is 0 Å². The van der Waals surface area contributed by atoms with Crippen molar-refractivity contribution in [1.82, 2.24) is 0 Å². The Kier molecular flexibility index (Phi) is 9.15. The van der Waals surface area contributed by atoms with Gasteiger partial charge in [-0.1, -0.05) is 79.7 Å². The fourth-order valence-corrected chi connectivity index (χ4v) is 5.64. The summed E-state index contributed by atoms with van der Waals surface area (Å²) in [5.74, 6) is 1.71. The zero-order valence-corrected chi connectivity index (χ0v) is 22.0. The number of methoxy groups -OCH3 is 1. The highest BCUT2D eigenvalue weighted by atomic mass is 32.2. The Hall–Kier alpha value is -2.39. The Labute approximate surface area is 223 Å². The summed E-state index contributed by atoms with van der Waals surface area (Å²) in [5.41, 5.74) is 2.93. The molecule has 0 aromatic heterocycles. The van der Waals surface area contributed by atoms with Gasteiger partial charge in [0, 0.05) is 5.56 Å². The Morgan fingerprint density at radius 1 is 0.784 bits per heavy atom. The molecule has 0 radical (unpaired) electrons. The quantitative estimate of drug-likeness (QED) is 0.336. The molecule has 0 spiro atoms. The summed E-state index contributed by atoms with van der Waals surface area (Å²) < 4.78 is 37.6. The molecule has 1 unspecified atom stereocenters. The molecule has 0 N–H and O–H groups in total. The lowest BCUT2D eigenvalue weighted by Gasteiger charge is -2.49. The summed E-state index contributed by atoms with van der Waals surface area (Å²) in [4.78, 5) is 0. The second kappa shape index (κ2) is 12.9. The van der Waals surface area contributed by atoms with E-state index < -0.39 is 6.29 Å². The summed E-state index contributed by atoms with van der Waals surface area (Å²) >= 11 is 1.72. The zero-order valence-electron chi connectivity index (χ0n) is 21.2. The van der Waals surface area contributed by atoms with Gasteiger partial charge in [-0.05, 0) is 29.0 Å². The minimum absolute atomic E-state index is 0.198. The second-order valence-electron chi connectivity index (χ2n) is 9.06. The molecule has 0 saturated carbocycles. The highest BCUT2D eigenvalue weighted by Gasteiger charge is 2.51. The van der Waals surface area contributed by atoms with Crippen molar-refractivity contribution < 1.29 is 28.4 Å². The number of hydrogen-bond acceptors (Lipinski definition) is 7. The Morgan fingerprint density at radius 3 is 2.11 bits per heavy atom. The van der Waals surface area contributed by atoms with Crippen LogP contribution in [0.15, 0.2) is 84.9 Å². The van der Waals surface area contributed by atoms with Gasteiger partial charge in [-0.15, -0.1) is 11.8 Å². The Bertz CT molecular complexity index is 1080. The summed E-state index contributed by atoms with van der Waals surface area (Å²) in [5, 5.41) is 0. The first kappa shape index (κ1) is 26.2. The van der Waals surface area contributed by atoms with Crippen LogP contribution in [0, 0.1) is 0 Å². The second-order valence-corrected chi connectivity index (χ2v) is 10.4. The van der Waals surface area contributed by atoms with Gasteiger partial charge in [0.1, 0.15) is 35.6 Å². The standard InChI is InChI=1S/C30H34O6S/c1-3-37-30-28(33-18-21-10-6-4-7-11-21)27(32-19-22-14-16-24(31-2)17-15-22)26-25(35-30)20-34-29(36-26)23-12-8-5-9-13-23/h4-17,25-30H,3,18-20H2,1-2H3/t25-,26-,27+,28-,29?,30+/m1/s1. The van der Waals surface area contributed by atoms with E-state index in [2.05, 4.69) is 19.1 Å². The lowest BCUT2D eigenvalue weighted by atomic mass is 9.98. The zero-order chi connectivity index (χ0) is 25.5. The smallest absolute Gasteiger partial charge is 0.184 e. The molecule has 3 aromatic rings. The molecule has 2 aliphatic heterocycles. The molecule has 37 heavy (non-hydrogen) atoms. The van der Waals surface area contributed by atoms with Crippen LogP contribution in [0.3, 0.4) is 0 Å². The van der Waals surface area contributed by atoms with Crippen LogP contribution < -0.4 is 4.74 Å². The predicted octanol–water partition coefficient (Wildman–Crippen LogP) is 5.76. The topological polar surface area (TPSA) is 55.4 Å². The van der Waals surface area contributed by atoms with Gasteiger partial charge in [0.15, 0.2) is 6.29 Å². The molecule has 0 bridgehead atoms. The van der Waals surface area contributed by atoms with E-state index in [1.54, 1.807) is 18.9 Å². The van der Waals surface area contributed by atoms with Crippen LogP contribution in [0.1, 0.15) is 29.9 Å². The van der Waals surface area contributed by atoms with Crippen molar-refractivity contribution in [3.05, 3.63) is 102 Å². The van der Waals surface area contributed by atoms with Crippen LogP contribution in [-0.2, 0) is 36.9 Å². The minimum atomic E-state index is -0.483. The number of hydrogen-bond donors (Lipinski definition) is 0. The van der Waals surface area contributed by atoms with Crippen molar-refractivity contribution in [2.45, 2.75) is 56.3 Å². The molecular formula is C30H34O6S. The van der Waals surface area contributed by atoms with Crippen LogP contribution >= 0.6 is 11.8 Å². The molecule has 2 fully saturated rings. The van der Waals surface area contributed by atoms with Gasteiger partial charge in [-0.3, -0.25) is 0 Å². The van der Waals surface area contributed by atoms with Gasteiger partial charge in [0.2, 0.25) is 0 Å². The molecule has 5 rings (SSSR count). The van der Waals surface area contributed by atoms with E-state index in [1.165, 1.54) is 0 Å². The normalized spacial score (nSPS) is 27.4. The highest BCUT2D eigenvalue weighted by molar-refractivity contribution is 7.99. The van der Waals surface area contributed by atoms with Gasteiger partial charge >= 0.3 is 0 Å². The Balaban J connectivity index is 1.39. The average Bonchev–Trinajstić information content (AvgIpc) is 2.96. The van der Waals surface area contributed by atoms with Gasteiger partial charge in [-0.2, -0.15) is 0 Å². The van der Waals surface area contributed by atoms with Gasteiger partial charge in [0.25, 0.3) is 0 Å². The third-order valence-corrected chi connectivity index (χ3v) is 7.61. The number of ether oxygens (including phenoxy) is 6. The van der Waals surface area contributed by atoms with Crippen LogP contribution in [0.25, 0.3) is 0 Å². The maximum atomic E-state index is 6.63. The molecule has 2 heterocycles. The van der Waals surface area contributed by atoms with Crippen molar-refractivity contribution in [2.75, 3.05) is 19.5 Å².